The van der Waals surface area contributed by atoms with Crippen LogP contribution >= 0.6 is 0 Å². The first kappa shape index (κ1) is 13.3. The van der Waals surface area contributed by atoms with Gasteiger partial charge in [0.1, 0.15) is 5.82 Å². The Labute approximate surface area is 108 Å². The number of hydrogen-bond acceptors (Lipinski definition) is 2. The van der Waals surface area contributed by atoms with Crippen molar-refractivity contribution in [3.05, 3.63) is 29.6 Å². The average Bonchev–Trinajstić information content (AvgIpc) is 2.54. The van der Waals surface area contributed by atoms with Crippen molar-refractivity contribution in [2.24, 2.45) is 0 Å². The van der Waals surface area contributed by atoms with Gasteiger partial charge in [-0.05, 0) is 32.8 Å². The van der Waals surface area contributed by atoms with Gasteiger partial charge in [0.25, 0.3) is 0 Å². The number of anilines is 1. The molecule has 0 aliphatic carbocycles. The van der Waals surface area contributed by atoms with E-state index in [9.17, 15) is 9.50 Å². The Morgan fingerprint density at radius 1 is 1.33 bits per heavy atom. The lowest BCUT2D eigenvalue weighted by atomic mass is 10.0. The lowest BCUT2D eigenvalue weighted by Gasteiger charge is -2.32. The van der Waals surface area contributed by atoms with Gasteiger partial charge in [0.2, 0.25) is 0 Å². The van der Waals surface area contributed by atoms with Crippen molar-refractivity contribution < 1.29 is 9.50 Å². The van der Waals surface area contributed by atoms with Crippen molar-refractivity contribution in [1.29, 1.82) is 0 Å². The van der Waals surface area contributed by atoms with Crippen LogP contribution in [0.1, 0.15) is 51.2 Å². The molecule has 1 fully saturated rings. The Bertz CT molecular complexity index is 405. The Morgan fingerprint density at radius 3 is 2.83 bits per heavy atom. The van der Waals surface area contributed by atoms with E-state index in [1.807, 2.05) is 6.07 Å². The predicted molar refractivity (Wildman–Crippen MR) is 72.3 cm³/mol. The van der Waals surface area contributed by atoms with E-state index in [2.05, 4.69) is 11.8 Å². The fraction of sp³-hybridized carbons (Fsp3) is 0.600. The standard InChI is InChI=1S/C15H22FNO/c1-11-7-4-3-5-10-17(11)15-13(12(2)18)8-6-9-14(15)16/h6,8-9,11-12,18H,3-5,7,10H2,1-2H3. The summed E-state index contributed by atoms with van der Waals surface area (Å²) in [6.07, 6.45) is 3.96. The molecule has 1 aromatic carbocycles. The summed E-state index contributed by atoms with van der Waals surface area (Å²) < 4.78 is 14.1. The number of nitrogens with zero attached hydrogens (tertiary/aromatic N) is 1. The quantitative estimate of drug-likeness (QED) is 0.867. The van der Waals surface area contributed by atoms with Crippen molar-refractivity contribution in [3.63, 3.8) is 0 Å². The number of halogens is 1. The number of hydrogen-bond donors (Lipinski definition) is 1. The molecule has 1 N–H and O–H groups in total. The lowest BCUT2D eigenvalue weighted by Crippen LogP contribution is -2.34. The first-order valence-electron chi connectivity index (χ1n) is 6.84. The Balaban J connectivity index is 2.41. The van der Waals surface area contributed by atoms with Gasteiger partial charge >= 0.3 is 0 Å². The average molecular weight is 251 g/mol. The largest absolute Gasteiger partial charge is 0.389 e. The Morgan fingerprint density at radius 2 is 2.11 bits per heavy atom. The molecule has 1 aliphatic heterocycles. The van der Waals surface area contributed by atoms with Crippen molar-refractivity contribution in [1.82, 2.24) is 0 Å². The highest BCUT2D eigenvalue weighted by Gasteiger charge is 2.23. The van der Waals surface area contributed by atoms with E-state index >= 15 is 0 Å². The van der Waals surface area contributed by atoms with Crippen LogP contribution in [0.15, 0.2) is 18.2 Å². The van der Waals surface area contributed by atoms with Gasteiger partial charge in [-0.2, -0.15) is 0 Å². The lowest BCUT2D eigenvalue weighted by molar-refractivity contribution is 0.199. The first-order valence-corrected chi connectivity index (χ1v) is 6.84. The molecule has 3 heteroatoms. The third-order valence-corrected chi connectivity index (χ3v) is 3.81. The fourth-order valence-electron chi connectivity index (χ4n) is 2.78. The van der Waals surface area contributed by atoms with Gasteiger partial charge in [-0.25, -0.2) is 4.39 Å². The Hall–Kier alpha value is -1.09. The summed E-state index contributed by atoms with van der Waals surface area (Å²) in [6, 6.07) is 5.31. The predicted octanol–water partition coefficient (Wildman–Crippen LogP) is 3.65. The van der Waals surface area contributed by atoms with Crippen LogP contribution in [0.2, 0.25) is 0 Å². The van der Waals surface area contributed by atoms with Crippen LogP contribution < -0.4 is 4.90 Å². The van der Waals surface area contributed by atoms with Crippen LogP contribution in [-0.4, -0.2) is 17.7 Å². The van der Waals surface area contributed by atoms with E-state index in [4.69, 9.17) is 0 Å². The number of rotatable bonds is 2. The maximum Gasteiger partial charge on any atom is 0.146 e. The number of aliphatic hydroxyl groups is 1. The molecule has 1 aliphatic rings. The zero-order chi connectivity index (χ0) is 13.1. The van der Waals surface area contributed by atoms with E-state index in [0.717, 1.165) is 19.4 Å². The molecule has 2 atom stereocenters. The molecule has 2 nitrogen and oxygen atoms in total. The van der Waals surface area contributed by atoms with Gasteiger partial charge in [0, 0.05) is 18.2 Å². The van der Waals surface area contributed by atoms with Crippen LogP contribution in [0.5, 0.6) is 0 Å². The van der Waals surface area contributed by atoms with E-state index in [1.54, 1.807) is 13.0 Å². The SMILES string of the molecule is CC(O)c1cccc(F)c1N1CCCCCC1C. The maximum atomic E-state index is 14.1. The van der Waals surface area contributed by atoms with E-state index < -0.39 is 6.10 Å². The molecule has 1 heterocycles. The zero-order valence-electron chi connectivity index (χ0n) is 11.2. The minimum atomic E-state index is -0.633. The monoisotopic (exact) mass is 251 g/mol. The van der Waals surface area contributed by atoms with Gasteiger partial charge in [0.05, 0.1) is 11.8 Å². The van der Waals surface area contributed by atoms with Gasteiger partial charge in [0.15, 0.2) is 0 Å². The first-order chi connectivity index (χ1) is 8.61. The molecule has 2 unspecified atom stereocenters. The molecular weight excluding hydrogens is 229 g/mol. The summed E-state index contributed by atoms with van der Waals surface area (Å²) in [5.74, 6) is -0.220. The summed E-state index contributed by atoms with van der Waals surface area (Å²) in [7, 11) is 0. The second-order valence-electron chi connectivity index (χ2n) is 5.25. The van der Waals surface area contributed by atoms with Crippen molar-refractivity contribution in [2.75, 3.05) is 11.4 Å². The van der Waals surface area contributed by atoms with Gasteiger partial charge in [-0.1, -0.05) is 25.0 Å². The molecule has 1 saturated heterocycles. The molecule has 0 spiro atoms. The summed E-state index contributed by atoms with van der Waals surface area (Å²) >= 11 is 0. The topological polar surface area (TPSA) is 23.5 Å². The van der Waals surface area contributed by atoms with E-state index in [0.29, 0.717) is 17.3 Å². The van der Waals surface area contributed by atoms with Gasteiger partial charge in [-0.3, -0.25) is 0 Å². The van der Waals surface area contributed by atoms with Crippen molar-refractivity contribution >= 4 is 5.69 Å². The van der Waals surface area contributed by atoms with Crippen LogP contribution in [0.4, 0.5) is 10.1 Å². The molecule has 1 aromatic rings. The third kappa shape index (κ3) is 2.66. The van der Waals surface area contributed by atoms with Gasteiger partial charge < -0.3 is 10.0 Å². The highest BCUT2D eigenvalue weighted by atomic mass is 19.1. The minimum Gasteiger partial charge on any atom is -0.389 e. The van der Waals surface area contributed by atoms with Crippen molar-refractivity contribution in [2.45, 2.75) is 51.7 Å². The zero-order valence-corrected chi connectivity index (χ0v) is 11.2. The van der Waals surface area contributed by atoms with E-state index in [1.165, 1.54) is 18.9 Å². The molecule has 0 saturated carbocycles. The molecule has 2 rings (SSSR count). The molecule has 100 valence electrons. The molecular formula is C15H22FNO. The van der Waals surface area contributed by atoms with Crippen LogP contribution in [0.25, 0.3) is 0 Å². The molecule has 18 heavy (non-hydrogen) atoms. The van der Waals surface area contributed by atoms with Crippen LogP contribution in [0, 0.1) is 5.82 Å². The third-order valence-electron chi connectivity index (χ3n) is 3.81. The maximum absolute atomic E-state index is 14.1. The number of benzene rings is 1. The highest BCUT2D eigenvalue weighted by molar-refractivity contribution is 5.56. The fourth-order valence-corrected chi connectivity index (χ4v) is 2.78. The number of aliphatic hydroxyl groups excluding tert-OH is 1. The second kappa shape index (κ2) is 5.70. The van der Waals surface area contributed by atoms with Crippen LogP contribution in [-0.2, 0) is 0 Å². The highest BCUT2D eigenvalue weighted by Crippen LogP contribution is 2.33. The minimum absolute atomic E-state index is 0.220. The molecule has 0 bridgehead atoms. The molecule has 0 radical (unpaired) electrons. The molecule has 0 aromatic heterocycles. The second-order valence-corrected chi connectivity index (χ2v) is 5.25. The van der Waals surface area contributed by atoms with Gasteiger partial charge in [-0.15, -0.1) is 0 Å². The summed E-state index contributed by atoms with van der Waals surface area (Å²) in [4.78, 5) is 2.13. The van der Waals surface area contributed by atoms with Crippen LogP contribution in [0.3, 0.4) is 0 Å². The summed E-state index contributed by atoms with van der Waals surface area (Å²) in [6.45, 7) is 4.71. The summed E-state index contributed by atoms with van der Waals surface area (Å²) in [5, 5.41) is 9.82. The normalized spacial score (nSPS) is 22.7. The Kier molecular flexibility index (Phi) is 4.23. The molecule has 0 amide bonds. The van der Waals surface area contributed by atoms with E-state index in [-0.39, 0.29) is 5.82 Å². The number of para-hydroxylation sites is 1. The smallest absolute Gasteiger partial charge is 0.146 e. The van der Waals surface area contributed by atoms with Crippen molar-refractivity contribution in [3.8, 4) is 0 Å². The summed E-state index contributed by atoms with van der Waals surface area (Å²) in [5.41, 5.74) is 1.30.